The van der Waals surface area contributed by atoms with Gasteiger partial charge >= 0.3 is 11.8 Å². The van der Waals surface area contributed by atoms with Gasteiger partial charge in [0, 0.05) is 13.2 Å². The van der Waals surface area contributed by atoms with Gasteiger partial charge in [0.15, 0.2) is 0 Å². The first-order valence-corrected chi connectivity index (χ1v) is 6.24. The summed E-state index contributed by atoms with van der Waals surface area (Å²) < 4.78 is 4.68. The lowest BCUT2D eigenvalue weighted by Crippen LogP contribution is -2.38. The van der Waals surface area contributed by atoms with Crippen molar-refractivity contribution in [1.82, 2.24) is 10.3 Å². The molecule has 0 saturated heterocycles. The van der Waals surface area contributed by atoms with Crippen LogP contribution in [-0.4, -0.2) is 46.9 Å². The molecule has 1 unspecified atom stereocenters. The van der Waals surface area contributed by atoms with Gasteiger partial charge < -0.3 is 26.2 Å². The highest BCUT2D eigenvalue weighted by Gasteiger charge is 2.24. The molecular formula is C11H16N6O6. The van der Waals surface area contributed by atoms with Crippen LogP contribution in [0.3, 0.4) is 0 Å². The number of hydrogen-bond acceptors (Lipinski definition) is 8. The second-order valence-corrected chi connectivity index (χ2v) is 4.32. The van der Waals surface area contributed by atoms with E-state index in [1.54, 1.807) is 0 Å². The summed E-state index contributed by atoms with van der Waals surface area (Å²) in [5, 5.41) is 26.7. The maximum Gasteiger partial charge on any atom is 0.410 e. The Kier molecular flexibility index (Phi) is 6.03. The lowest BCUT2D eigenvalue weighted by molar-refractivity contribution is -0.383. The number of nitrogen functional groups attached to an aromatic ring is 1. The first-order chi connectivity index (χ1) is 10.8. The van der Waals surface area contributed by atoms with Crippen LogP contribution in [0.15, 0.2) is 6.07 Å². The molecule has 23 heavy (non-hydrogen) atoms. The number of nitro groups is 1. The Hall–Kier alpha value is -3.15. The second kappa shape index (κ2) is 7.74. The van der Waals surface area contributed by atoms with E-state index in [0.29, 0.717) is 0 Å². The highest BCUT2D eigenvalue weighted by molar-refractivity contribution is 5.88. The SMILES string of the molecule is COCNC(=O)C(C)Nc1cc(NC(=O)O)nc(N)c1[N+](=O)[O-]. The molecule has 12 heteroatoms. The molecule has 1 heterocycles. The summed E-state index contributed by atoms with van der Waals surface area (Å²) in [5.41, 5.74) is 4.78. The number of nitrogens with zero attached hydrogens (tertiary/aromatic N) is 2. The monoisotopic (exact) mass is 328 g/mol. The minimum Gasteiger partial charge on any atom is -0.465 e. The molecule has 0 saturated carbocycles. The molecule has 1 atom stereocenters. The zero-order chi connectivity index (χ0) is 17.6. The van der Waals surface area contributed by atoms with Crippen LogP contribution in [0.1, 0.15) is 6.92 Å². The van der Waals surface area contributed by atoms with Crippen molar-refractivity contribution in [3.63, 3.8) is 0 Å². The third-order valence-electron chi connectivity index (χ3n) is 2.59. The number of carbonyl (C=O) groups excluding carboxylic acids is 1. The molecule has 0 aromatic carbocycles. The van der Waals surface area contributed by atoms with E-state index in [-0.39, 0.29) is 18.2 Å². The molecule has 2 amide bonds. The average Bonchev–Trinajstić information content (AvgIpc) is 2.42. The number of nitrogens with one attached hydrogen (secondary N) is 3. The minimum atomic E-state index is -1.41. The van der Waals surface area contributed by atoms with Crippen LogP contribution in [0.2, 0.25) is 0 Å². The zero-order valence-corrected chi connectivity index (χ0v) is 12.3. The van der Waals surface area contributed by atoms with Crippen molar-refractivity contribution in [1.29, 1.82) is 0 Å². The van der Waals surface area contributed by atoms with E-state index in [1.165, 1.54) is 14.0 Å². The highest BCUT2D eigenvalue weighted by atomic mass is 16.6. The lowest BCUT2D eigenvalue weighted by atomic mass is 10.2. The summed E-state index contributed by atoms with van der Waals surface area (Å²) >= 11 is 0. The van der Waals surface area contributed by atoms with E-state index in [1.807, 2.05) is 5.32 Å². The second-order valence-electron chi connectivity index (χ2n) is 4.32. The van der Waals surface area contributed by atoms with Crippen LogP contribution in [0.4, 0.5) is 27.8 Å². The molecule has 1 rings (SSSR count). The molecule has 1 aromatic heterocycles. The quantitative estimate of drug-likeness (QED) is 0.265. The Bertz CT molecular complexity index is 621. The number of methoxy groups -OCH3 is 1. The summed E-state index contributed by atoms with van der Waals surface area (Å²) in [6.45, 7) is 1.42. The van der Waals surface area contributed by atoms with E-state index in [0.717, 1.165) is 6.07 Å². The van der Waals surface area contributed by atoms with Crippen molar-refractivity contribution in [2.24, 2.45) is 0 Å². The molecule has 0 bridgehead atoms. The summed E-state index contributed by atoms with van der Waals surface area (Å²) in [6, 6.07) is 0.200. The van der Waals surface area contributed by atoms with Crippen LogP contribution in [-0.2, 0) is 9.53 Å². The standard InChI is InChI=1S/C11H16N6O6/c1-5(10(18)13-4-23-2)14-6-3-7(16-11(19)20)15-9(12)8(6)17(21)22/h3,5H,4H2,1-2H3,(H,13,18)(H,19,20)(H4,12,14,15,16). The Morgan fingerprint density at radius 2 is 2.22 bits per heavy atom. The molecule has 0 fully saturated rings. The van der Waals surface area contributed by atoms with Crippen LogP contribution in [0, 0.1) is 10.1 Å². The van der Waals surface area contributed by atoms with Crippen molar-refractivity contribution >= 4 is 35.0 Å². The Labute approximate surface area is 130 Å². The van der Waals surface area contributed by atoms with E-state index in [9.17, 15) is 19.7 Å². The summed E-state index contributed by atoms with van der Waals surface area (Å²) in [4.78, 5) is 36.3. The number of rotatable bonds is 7. The number of pyridine rings is 1. The number of carbonyl (C=O) groups is 2. The maximum atomic E-state index is 11.8. The Morgan fingerprint density at radius 1 is 1.57 bits per heavy atom. The molecule has 0 radical (unpaired) electrons. The fourth-order valence-electron chi connectivity index (χ4n) is 1.63. The maximum absolute atomic E-state index is 11.8. The third kappa shape index (κ3) is 4.96. The van der Waals surface area contributed by atoms with Gasteiger partial charge in [0.2, 0.25) is 11.7 Å². The van der Waals surface area contributed by atoms with Gasteiger partial charge in [-0.3, -0.25) is 20.2 Å². The number of nitrogens with two attached hydrogens (primary N) is 1. The van der Waals surface area contributed by atoms with E-state index < -0.39 is 34.5 Å². The first-order valence-electron chi connectivity index (χ1n) is 6.24. The molecule has 0 aliphatic rings. The van der Waals surface area contributed by atoms with Crippen LogP contribution in [0.5, 0.6) is 0 Å². The normalized spacial score (nSPS) is 11.4. The molecule has 12 nitrogen and oxygen atoms in total. The highest BCUT2D eigenvalue weighted by Crippen LogP contribution is 2.32. The Morgan fingerprint density at radius 3 is 2.74 bits per heavy atom. The molecule has 1 aromatic rings. The number of aromatic nitrogens is 1. The summed E-state index contributed by atoms with van der Waals surface area (Å²) in [7, 11) is 1.39. The van der Waals surface area contributed by atoms with Gasteiger partial charge in [-0.25, -0.2) is 9.78 Å². The zero-order valence-electron chi connectivity index (χ0n) is 12.3. The number of ether oxygens (including phenoxy) is 1. The van der Waals surface area contributed by atoms with Crippen molar-refractivity contribution < 1.29 is 24.4 Å². The molecule has 0 aliphatic carbocycles. The van der Waals surface area contributed by atoms with E-state index in [4.69, 9.17) is 10.8 Å². The van der Waals surface area contributed by atoms with E-state index >= 15 is 0 Å². The van der Waals surface area contributed by atoms with Gasteiger partial charge in [0.25, 0.3) is 0 Å². The molecule has 0 spiro atoms. The fourth-order valence-corrected chi connectivity index (χ4v) is 1.63. The Balaban J connectivity index is 3.10. The van der Waals surface area contributed by atoms with Gasteiger partial charge in [0.1, 0.15) is 24.3 Å². The molecule has 0 aliphatic heterocycles. The van der Waals surface area contributed by atoms with Gasteiger partial charge in [-0.1, -0.05) is 0 Å². The van der Waals surface area contributed by atoms with Crippen LogP contribution in [0.25, 0.3) is 0 Å². The number of anilines is 3. The topological polar surface area (TPSA) is 182 Å². The minimum absolute atomic E-state index is 0.0305. The number of amides is 2. The van der Waals surface area contributed by atoms with E-state index in [2.05, 4.69) is 20.4 Å². The number of hydrogen-bond donors (Lipinski definition) is 5. The van der Waals surface area contributed by atoms with Crippen molar-refractivity contribution in [3.8, 4) is 0 Å². The van der Waals surface area contributed by atoms with Crippen molar-refractivity contribution in [3.05, 3.63) is 16.2 Å². The lowest BCUT2D eigenvalue weighted by Gasteiger charge is -2.16. The summed E-state index contributed by atoms with van der Waals surface area (Å²) in [5.74, 6) is -1.19. The average molecular weight is 328 g/mol. The van der Waals surface area contributed by atoms with Gasteiger partial charge in [0.05, 0.1) is 4.92 Å². The van der Waals surface area contributed by atoms with Crippen molar-refractivity contribution in [2.75, 3.05) is 30.2 Å². The van der Waals surface area contributed by atoms with Crippen LogP contribution < -0.4 is 21.7 Å². The molecule has 126 valence electrons. The molecular weight excluding hydrogens is 312 g/mol. The third-order valence-corrected chi connectivity index (χ3v) is 2.59. The summed E-state index contributed by atoms with van der Waals surface area (Å²) in [6.07, 6.45) is -1.41. The largest absolute Gasteiger partial charge is 0.465 e. The fraction of sp³-hybridized carbons (Fsp3) is 0.364. The van der Waals surface area contributed by atoms with Gasteiger partial charge in [-0.2, -0.15) is 0 Å². The van der Waals surface area contributed by atoms with Gasteiger partial charge in [-0.05, 0) is 6.92 Å². The predicted molar refractivity (Wildman–Crippen MR) is 80.1 cm³/mol. The first kappa shape index (κ1) is 17.9. The molecule has 6 N–H and O–H groups in total. The smallest absolute Gasteiger partial charge is 0.410 e. The van der Waals surface area contributed by atoms with Gasteiger partial charge in [-0.15, -0.1) is 0 Å². The predicted octanol–water partition coefficient (Wildman–Crippen LogP) is 0.182. The van der Waals surface area contributed by atoms with Crippen LogP contribution >= 0.6 is 0 Å². The van der Waals surface area contributed by atoms with Crippen molar-refractivity contribution in [2.45, 2.75) is 13.0 Å². The number of carboxylic acid groups (broad SMARTS) is 1.